The Bertz CT molecular complexity index is 983. The molecule has 2 N–H and O–H groups in total. The Morgan fingerprint density at radius 1 is 1.15 bits per heavy atom. The van der Waals surface area contributed by atoms with E-state index in [-0.39, 0.29) is 54.1 Å². The number of fused-ring (bicyclic) bond motifs is 4. The molecule has 0 amide bonds. The first-order chi connectivity index (χ1) is 16.2. The average molecular weight is 471 g/mol. The number of aliphatic hydroxyl groups is 2. The summed E-state index contributed by atoms with van der Waals surface area (Å²) < 4.78 is 12.1. The van der Waals surface area contributed by atoms with Crippen LogP contribution in [0.15, 0.2) is 23.3 Å². The van der Waals surface area contributed by atoms with E-state index in [9.17, 15) is 19.8 Å². The zero-order valence-electron chi connectivity index (χ0n) is 20.6. The molecule has 6 rings (SSSR count). The van der Waals surface area contributed by atoms with Gasteiger partial charge in [0.1, 0.15) is 11.7 Å². The second kappa shape index (κ2) is 7.50. The number of allylic oxidation sites excluding steroid dienone is 1. The van der Waals surface area contributed by atoms with E-state index in [1.54, 1.807) is 6.08 Å². The molecule has 1 saturated heterocycles. The molecule has 0 aromatic carbocycles. The van der Waals surface area contributed by atoms with Crippen LogP contribution >= 0.6 is 0 Å². The number of aliphatic hydroxyl groups excluding tert-OH is 2. The molecule has 34 heavy (non-hydrogen) atoms. The van der Waals surface area contributed by atoms with Gasteiger partial charge < -0.3 is 19.7 Å². The van der Waals surface area contributed by atoms with Gasteiger partial charge in [0.15, 0.2) is 5.78 Å². The topological polar surface area (TPSA) is 96.4 Å². The molecule has 1 spiro atoms. The molecule has 6 aliphatic rings. The molecule has 0 aromatic rings. The van der Waals surface area contributed by atoms with Crippen LogP contribution in [0.4, 0.5) is 0 Å². The van der Waals surface area contributed by atoms with E-state index >= 15 is 0 Å². The molecule has 10 unspecified atom stereocenters. The van der Waals surface area contributed by atoms with Crippen LogP contribution in [0.5, 0.6) is 0 Å². The van der Waals surface area contributed by atoms with Crippen molar-refractivity contribution in [2.75, 3.05) is 13.2 Å². The Morgan fingerprint density at radius 3 is 2.65 bits per heavy atom. The van der Waals surface area contributed by atoms with E-state index in [1.807, 2.05) is 13.0 Å². The third kappa shape index (κ3) is 2.74. The maximum absolute atomic E-state index is 13.3. The number of esters is 1. The van der Waals surface area contributed by atoms with Gasteiger partial charge in [-0.2, -0.15) is 0 Å². The molecule has 6 heteroatoms. The standard InChI is InChI=1S/C28H38O6/c1-15-11-22(33-25(32)17(15)13-29)18(14-30)20-7-6-19-16-12-24-28(34-24)9-4-5-23(31)27(28,3)21(16)8-10-26(19,20)2/h4-5,16,18-22,24,29-30H,6-14H2,1-3H3. The summed E-state index contributed by atoms with van der Waals surface area (Å²) in [6.45, 7) is 6.15. The number of hydrogen-bond donors (Lipinski definition) is 2. The quantitative estimate of drug-likeness (QED) is 0.483. The van der Waals surface area contributed by atoms with Gasteiger partial charge in [0.2, 0.25) is 0 Å². The summed E-state index contributed by atoms with van der Waals surface area (Å²) >= 11 is 0. The number of epoxide rings is 1. The Balaban J connectivity index is 1.28. The van der Waals surface area contributed by atoms with E-state index in [0.717, 1.165) is 44.1 Å². The van der Waals surface area contributed by atoms with Gasteiger partial charge in [0.25, 0.3) is 0 Å². The smallest absolute Gasteiger partial charge is 0.336 e. The highest BCUT2D eigenvalue weighted by Gasteiger charge is 2.77. The maximum atomic E-state index is 13.3. The normalized spacial score (nSPS) is 50.1. The predicted molar refractivity (Wildman–Crippen MR) is 124 cm³/mol. The highest BCUT2D eigenvalue weighted by atomic mass is 16.6. The molecule has 4 fully saturated rings. The van der Waals surface area contributed by atoms with Crippen molar-refractivity contribution in [1.29, 1.82) is 0 Å². The van der Waals surface area contributed by atoms with Gasteiger partial charge in [-0.1, -0.05) is 18.6 Å². The number of rotatable bonds is 4. The summed E-state index contributed by atoms with van der Waals surface area (Å²) in [5, 5.41) is 20.1. The molecule has 0 aromatic heterocycles. The molecule has 2 aliphatic heterocycles. The van der Waals surface area contributed by atoms with Crippen molar-refractivity contribution in [2.24, 2.45) is 40.4 Å². The van der Waals surface area contributed by atoms with Gasteiger partial charge in [0, 0.05) is 18.9 Å². The summed E-state index contributed by atoms with van der Waals surface area (Å²) in [6.07, 6.45) is 10.3. The van der Waals surface area contributed by atoms with Gasteiger partial charge in [-0.3, -0.25) is 4.79 Å². The van der Waals surface area contributed by atoms with Gasteiger partial charge in [-0.15, -0.1) is 0 Å². The lowest BCUT2D eigenvalue weighted by atomic mass is 9.44. The number of ether oxygens (including phenoxy) is 2. The first-order valence-corrected chi connectivity index (χ1v) is 13.2. The predicted octanol–water partition coefficient (Wildman–Crippen LogP) is 3.35. The summed E-state index contributed by atoms with van der Waals surface area (Å²) in [6, 6.07) is 0. The average Bonchev–Trinajstić information content (AvgIpc) is 3.40. The lowest BCUT2D eigenvalue weighted by Crippen LogP contribution is -2.60. The van der Waals surface area contributed by atoms with E-state index in [2.05, 4.69) is 13.8 Å². The zero-order chi connectivity index (χ0) is 24.0. The second-order valence-electron chi connectivity index (χ2n) is 12.4. The molecular formula is C28H38O6. The van der Waals surface area contributed by atoms with Crippen LogP contribution in [-0.2, 0) is 19.1 Å². The lowest BCUT2D eigenvalue weighted by Gasteiger charge is -2.57. The number of ketones is 1. The highest BCUT2D eigenvalue weighted by Crippen LogP contribution is 2.73. The van der Waals surface area contributed by atoms with Crippen molar-refractivity contribution in [2.45, 2.75) is 83.5 Å². The van der Waals surface area contributed by atoms with Crippen LogP contribution < -0.4 is 0 Å². The van der Waals surface area contributed by atoms with Crippen molar-refractivity contribution >= 4 is 11.8 Å². The van der Waals surface area contributed by atoms with Crippen molar-refractivity contribution < 1.29 is 29.3 Å². The Hall–Kier alpha value is -1.50. The monoisotopic (exact) mass is 470 g/mol. The van der Waals surface area contributed by atoms with Crippen LogP contribution in [0.1, 0.15) is 65.7 Å². The number of hydrogen-bond acceptors (Lipinski definition) is 6. The van der Waals surface area contributed by atoms with Gasteiger partial charge in [0.05, 0.1) is 23.7 Å². The van der Waals surface area contributed by atoms with Gasteiger partial charge in [-0.05, 0) is 87.5 Å². The molecule has 2 heterocycles. The van der Waals surface area contributed by atoms with Crippen molar-refractivity contribution in [3.05, 3.63) is 23.3 Å². The van der Waals surface area contributed by atoms with Crippen LogP contribution in [0.2, 0.25) is 0 Å². The Morgan fingerprint density at radius 2 is 1.94 bits per heavy atom. The van der Waals surface area contributed by atoms with Crippen molar-refractivity contribution in [3.63, 3.8) is 0 Å². The van der Waals surface area contributed by atoms with Gasteiger partial charge in [-0.25, -0.2) is 4.79 Å². The molecule has 0 bridgehead atoms. The minimum absolute atomic E-state index is 0.00337. The largest absolute Gasteiger partial charge is 0.458 e. The van der Waals surface area contributed by atoms with Gasteiger partial charge >= 0.3 is 5.97 Å². The van der Waals surface area contributed by atoms with Crippen molar-refractivity contribution in [3.8, 4) is 0 Å². The third-order valence-corrected chi connectivity index (χ3v) is 11.5. The number of carbonyl (C=O) groups excluding carboxylic acids is 2. The van der Waals surface area contributed by atoms with E-state index < -0.39 is 11.4 Å². The lowest BCUT2D eigenvalue weighted by molar-refractivity contribution is -0.156. The first kappa shape index (κ1) is 22.9. The van der Waals surface area contributed by atoms with E-state index in [1.165, 1.54) is 0 Å². The molecule has 4 aliphatic carbocycles. The van der Waals surface area contributed by atoms with Crippen LogP contribution in [0.3, 0.4) is 0 Å². The van der Waals surface area contributed by atoms with Crippen LogP contribution in [0.25, 0.3) is 0 Å². The molecule has 6 nitrogen and oxygen atoms in total. The summed E-state index contributed by atoms with van der Waals surface area (Å²) in [7, 11) is 0. The minimum atomic E-state index is -0.440. The minimum Gasteiger partial charge on any atom is -0.458 e. The fraction of sp³-hybridized carbons (Fsp3) is 0.786. The summed E-state index contributed by atoms with van der Waals surface area (Å²) in [5.41, 5.74) is 0.584. The third-order valence-electron chi connectivity index (χ3n) is 11.5. The Kier molecular flexibility index (Phi) is 5.06. The highest BCUT2D eigenvalue weighted by molar-refractivity contribution is 5.97. The fourth-order valence-electron chi connectivity index (χ4n) is 9.64. The van der Waals surface area contributed by atoms with Crippen LogP contribution in [-0.4, -0.2) is 53.0 Å². The SMILES string of the molecule is CC1=C(CO)C(=O)OC(C(CO)C2CCC3C4CC5OC56CC=CC(=O)C6(C)C4CCC23C)C1. The second-order valence-corrected chi connectivity index (χ2v) is 12.4. The molecule has 3 saturated carbocycles. The number of carbonyl (C=O) groups is 2. The molecular weight excluding hydrogens is 432 g/mol. The number of cyclic esters (lactones) is 1. The van der Waals surface area contributed by atoms with Crippen LogP contribution in [0, 0.1) is 40.4 Å². The zero-order valence-corrected chi connectivity index (χ0v) is 20.6. The molecule has 10 atom stereocenters. The van der Waals surface area contributed by atoms with E-state index in [0.29, 0.717) is 29.7 Å². The Labute approximate surface area is 201 Å². The summed E-state index contributed by atoms with van der Waals surface area (Å²) in [5.74, 6) is 1.26. The maximum Gasteiger partial charge on any atom is 0.336 e. The fourth-order valence-corrected chi connectivity index (χ4v) is 9.64. The molecule has 186 valence electrons. The first-order valence-electron chi connectivity index (χ1n) is 13.2. The molecule has 0 radical (unpaired) electrons. The summed E-state index contributed by atoms with van der Waals surface area (Å²) in [4.78, 5) is 25.8. The van der Waals surface area contributed by atoms with E-state index in [4.69, 9.17) is 9.47 Å². The van der Waals surface area contributed by atoms with Crippen molar-refractivity contribution in [1.82, 2.24) is 0 Å².